The van der Waals surface area contributed by atoms with Crippen LogP contribution >= 0.6 is 11.6 Å². The summed E-state index contributed by atoms with van der Waals surface area (Å²) in [7, 11) is 3.39. The highest BCUT2D eigenvalue weighted by Gasteiger charge is 2.25. The third-order valence-electron chi connectivity index (χ3n) is 5.60. The number of carbonyl (C=O) groups is 2. The number of ether oxygens (including phenoxy) is 2. The van der Waals surface area contributed by atoms with Crippen molar-refractivity contribution in [3.8, 4) is 5.75 Å². The van der Waals surface area contributed by atoms with E-state index in [-0.39, 0.29) is 24.0 Å². The predicted octanol–water partition coefficient (Wildman–Crippen LogP) is 4.08. The fourth-order valence-corrected chi connectivity index (χ4v) is 3.77. The Balaban J connectivity index is 1.83. The van der Waals surface area contributed by atoms with Gasteiger partial charge in [0.1, 0.15) is 12.4 Å². The van der Waals surface area contributed by atoms with Crippen molar-refractivity contribution >= 4 is 34.9 Å². The van der Waals surface area contributed by atoms with E-state index in [1.165, 1.54) is 0 Å². The maximum Gasteiger partial charge on any atom is 0.323 e. The van der Waals surface area contributed by atoms with E-state index in [1.54, 1.807) is 61.5 Å². The number of benzene rings is 2. The van der Waals surface area contributed by atoms with Crippen LogP contribution in [0.1, 0.15) is 24.2 Å². The maximum absolute atomic E-state index is 13.3. The molecule has 0 radical (unpaired) electrons. The molecule has 0 fully saturated rings. The summed E-state index contributed by atoms with van der Waals surface area (Å²) in [5, 5.41) is 9.34. The highest BCUT2D eigenvalue weighted by molar-refractivity contribution is 6.33. The van der Waals surface area contributed by atoms with E-state index in [0.717, 1.165) is 6.54 Å². The van der Waals surface area contributed by atoms with Crippen LogP contribution in [0.15, 0.2) is 42.5 Å². The molecular weight excluding hydrogens is 444 g/mol. The first-order valence-electron chi connectivity index (χ1n) is 10.9. The SMILES string of the molecule is CO[C@H]1CN(C)C(=O)c2cc(NC(=O)Nc3ccccc3Cl)ccc2OC[C@H](C)NC[C@@H]1C. The van der Waals surface area contributed by atoms with Crippen LogP contribution in [0.2, 0.25) is 5.02 Å². The molecule has 1 heterocycles. The molecule has 1 aliphatic heterocycles. The third kappa shape index (κ3) is 6.60. The van der Waals surface area contributed by atoms with Gasteiger partial charge in [-0.05, 0) is 43.2 Å². The van der Waals surface area contributed by atoms with Crippen LogP contribution in [-0.4, -0.2) is 62.8 Å². The molecule has 33 heavy (non-hydrogen) atoms. The number of hydrogen-bond donors (Lipinski definition) is 3. The summed E-state index contributed by atoms with van der Waals surface area (Å²) in [5.41, 5.74) is 1.31. The second kappa shape index (κ2) is 11.4. The first kappa shape index (κ1) is 24.8. The first-order valence-corrected chi connectivity index (χ1v) is 11.3. The van der Waals surface area contributed by atoms with Gasteiger partial charge in [-0.25, -0.2) is 4.79 Å². The average molecular weight is 475 g/mol. The van der Waals surface area contributed by atoms with Crippen molar-refractivity contribution in [3.05, 3.63) is 53.1 Å². The third-order valence-corrected chi connectivity index (χ3v) is 5.93. The monoisotopic (exact) mass is 474 g/mol. The number of likely N-dealkylation sites (N-methyl/N-ethyl adjacent to an activating group) is 1. The number of rotatable bonds is 3. The molecule has 3 rings (SSSR count). The van der Waals surface area contributed by atoms with Crippen LogP contribution in [0.3, 0.4) is 0 Å². The Morgan fingerprint density at radius 2 is 1.97 bits per heavy atom. The molecule has 0 aliphatic carbocycles. The van der Waals surface area contributed by atoms with E-state index in [1.807, 2.05) is 6.92 Å². The smallest absolute Gasteiger partial charge is 0.323 e. The Labute approximate surface area is 199 Å². The number of urea groups is 1. The minimum Gasteiger partial charge on any atom is -0.491 e. The molecule has 1 aliphatic rings. The molecule has 178 valence electrons. The van der Waals surface area contributed by atoms with Crippen LogP contribution in [-0.2, 0) is 4.74 Å². The predicted molar refractivity (Wildman–Crippen MR) is 130 cm³/mol. The van der Waals surface area contributed by atoms with Crippen molar-refractivity contribution in [3.63, 3.8) is 0 Å². The first-order chi connectivity index (χ1) is 15.8. The zero-order valence-corrected chi connectivity index (χ0v) is 20.1. The van der Waals surface area contributed by atoms with Crippen LogP contribution in [0.4, 0.5) is 16.2 Å². The van der Waals surface area contributed by atoms with Gasteiger partial charge in [-0.2, -0.15) is 0 Å². The Morgan fingerprint density at radius 3 is 2.70 bits per heavy atom. The number of hydrogen-bond acceptors (Lipinski definition) is 5. The molecule has 0 spiro atoms. The minimum absolute atomic E-state index is 0.0873. The van der Waals surface area contributed by atoms with Gasteiger partial charge >= 0.3 is 6.03 Å². The van der Waals surface area contributed by atoms with Gasteiger partial charge in [0, 0.05) is 39.0 Å². The zero-order valence-electron chi connectivity index (χ0n) is 19.4. The summed E-state index contributed by atoms with van der Waals surface area (Å²) in [4.78, 5) is 27.4. The molecule has 0 aromatic heterocycles. The van der Waals surface area contributed by atoms with E-state index in [9.17, 15) is 9.59 Å². The maximum atomic E-state index is 13.3. The highest BCUT2D eigenvalue weighted by Crippen LogP contribution is 2.26. The van der Waals surface area contributed by atoms with E-state index in [4.69, 9.17) is 21.1 Å². The number of carbonyl (C=O) groups excluding carboxylic acids is 2. The lowest BCUT2D eigenvalue weighted by molar-refractivity contribution is 0.0281. The van der Waals surface area contributed by atoms with Crippen molar-refractivity contribution < 1.29 is 19.1 Å². The van der Waals surface area contributed by atoms with Crippen LogP contribution in [0.5, 0.6) is 5.75 Å². The molecule has 3 N–H and O–H groups in total. The van der Waals surface area contributed by atoms with Gasteiger partial charge in [0.05, 0.1) is 22.4 Å². The van der Waals surface area contributed by atoms with Crippen LogP contribution in [0, 0.1) is 5.92 Å². The van der Waals surface area contributed by atoms with E-state index in [0.29, 0.717) is 40.9 Å². The minimum atomic E-state index is -0.469. The number of nitrogens with zero attached hydrogens (tertiary/aromatic N) is 1. The number of methoxy groups -OCH3 is 1. The van der Waals surface area contributed by atoms with Crippen molar-refractivity contribution in [1.82, 2.24) is 10.2 Å². The molecular formula is C24H31ClN4O4. The summed E-state index contributed by atoms with van der Waals surface area (Å²) >= 11 is 6.11. The molecule has 8 nitrogen and oxygen atoms in total. The average Bonchev–Trinajstić information content (AvgIpc) is 2.80. The number of nitrogens with one attached hydrogen (secondary N) is 3. The zero-order chi connectivity index (χ0) is 24.0. The van der Waals surface area contributed by atoms with E-state index < -0.39 is 6.03 Å². The fraction of sp³-hybridized carbons (Fsp3) is 0.417. The molecule has 3 amide bonds. The molecule has 9 heteroatoms. The molecule has 0 unspecified atom stereocenters. The molecule has 3 atom stereocenters. The largest absolute Gasteiger partial charge is 0.491 e. The van der Waals surface area contributed by atoms with Crippen LogP contribution in [0.25, 0.3) is 0 Å². The summed E-state index contributed by atoms with van der Waals surface area (Å²) in [5.74, 6) is 0.448. The van der Waals surface area contributed by atoms with E-state index in [2.05, 4.69) is 22.9 Å². The van der Waals surface area contributed by atoms with Gasteiger partial charge in [-0.15, -0.1) is 0 Å². The van der Waals surface area contributed by atoms with Gasteiger partial charge in [0.15, 0.2) is 0 Å². The van der Waals surface area contributed by atoms with Crippen molar-refractivity contribution in [1.29, 1.82) is 0 Å². The number of halogens is 1. The lowest BCUT2D eigenvalue weighted by Crippen LogP contribution is -2.44. The topological polar surface area (TPSA) is 91.9 Å². The van der Waals surface area contributed by atoms with Crippen molar-refractivity contribution in [2.45, 2.75) is 26.0 Å². The Morgan fingerprint density at radius 1 is 1.21 bits per heavy atom. The van der Waals surface area contributed by atoms with Crippen molar-refractivity contribution in [2.75, 3.05) is 44.5 Å². The number of anilines is 2. The highest BCUT2D eigenvalue weighted by atomic mass is 35.5. The second-order valence-corrected chi connectivity index (χ2v) is 8.73. The van der Waals surface area contributed by atoms with E-state index >= 15 is 0 Å². The fourth-order valence-electron chi connectivity index (χ4n) is 3.59. The lowest BCUT2D eigenvalue weighted by Gasteiger charge is -2.30. The normalized spacial score (nSPS) is 21.8. The standard InChI is InChI=1S/C24H31ClN4O4/c1-15-12-26-16(2)14-33-21-10-9-17(11-18(21)23(30)29(3)13-22(15)32-4)27-24(31)28-20-8-6-5-7-19(20)25/h5-11,15-16,22,26H,12-14H2,1-4H3,(H2,27,28,31)/t15-,16-,22-/m0/s1. The Kier molecular flexibility index (Phi) is 8.55. The van der Waals surface area contributed by atoms with Crippen LogP contribution < -0.4 is 20.7 Å². The van der Waals surface area contributed by atoms with Gasteiger partial charge < -0.3 is 30.3 Å². The molecule has 2 aromatic rings. The number of amides is 3. The molecule has 0 saturated carbocycles. The van der Waals surface area contributed by atoms with Gasteiger partial charge in [-0.1, -0.05) is 30.7 Å². The Bertz CT molecular complexity index is 987. The van der Waals surface area contributed by atoms with Gasteiger partial charge in [0.2, 0.25) is 0 Å². The molecule has 0 bridgehead atoms. The van der Waals surface area contributed by atoms with Gasteiger partial charge in [0.25, 0.3) is 5.91 Å². The Hall–Kier alpha value is -2.81. The second-order valence-electron chi connectivity index (χ2n) is 8.33. The number of para-hydroxylation sites is 1. The molecule has 0 saturated heterocycles. The van der Waals surface area contributed by atoms with Gasteiger partial charge in [-0.3, -0.25) is 4.79 Å². The quantitative estimate of drug-likeness (QED) is 0.623. The summed E-state index contributed by atoms with van der Waals surface area (Å²) < 4.78 is 11.6. The summed E-state index contributed by atoms with van der Waals surface area (Å²) in [6, 6.07) is 11.6. The summed E-state index contributed by atoms with van der Waals surface area (Å²) in [6.07, 6.45) is -0.120. The number of fused-ring (bicyclic) bond motifs is 1. The lowest BCUT2D eigenvalue weighted by atomic mass is 10.0. The molecule has 2 aromatic carbocycles. The summed E-state index contributed by atoms with van der Waals surface area (Å²) in [6.45, 7) is 5.70. The van der Waals surface area contributed by atoms with Crippen molar-refractivity contribution in [2.24, 2.45) is 5.92 Å².